The van der Waals surface area contributed by atoms with Crippen LogP contribution in [0.1, 0.15) is 57.5 Å². The van der Waals surface area contributed by atoms with Crippen LogP contribution >= 0.6 is 11.3 Å². The summed E-state index contributed by atoms with van der Waals surface area (Å²) in [7, 11) is 0. The van der Waals surface area contributed by atoms with Crippen molar-refractivity contribution in [1.82, 2.24) is 9.97 Å². The molecule has 0 spiro atoms. The van der Waals surface area contributed by atoms with Gasteiger partial charge in [-0.05, 0) is 58.2 Å². The van der Waals surface area contributed by atoms with Crippen LogP contribution in [0.3, 0.4) is 0 Å². The lowest BCUT2D eigenvalue weighted by Gasteiger charge is -2.22. The second-order valence-electron chi connectivity index (χ2n) is 10.3. The maximum atomic E-state index is 4.76. The number of hydrogen-bond donors (Lipinski definition) is 0. The zero-order chi connectivity index (χ0) is 21.0. The molecule has 0 amide bonds. The second-order valence-corrected chi connectivity index (χ2v) is 11.4. The van der Waals surface area contributed by atoms with E-state index < -0.39 is 0 Å². The molecule has 0 fully saturated rings. The van der Waals surface area contributed by atoms with Crippen LogP contribution in [0.2, 0.25) is 0 Å². The Morgan fingerprint density at radius 2 is 1.66 bits per heavy atom. The molecule has 150 valence electrons. The highest BCUT2D eigenvalue weighted by Gasteiger charge is 2.22. The molecule has 4 aromatic rings. The molecule has 3 heteroatoms. The average Bonchev–Trinajstić information content (AvgIpc) is 2.94. The van der Waals surface area contributed by atoms with Crippen molar-refractivity contribution in [3.05, 3.63) is 58.7 Å². The molecule has 0 unspecified atom stereocenters. The Balaban J connectivity index is 1.98. The van der Waals surface area contributed by atoms with Gasteiger partial charge in [-0.1, -0.05) is 65.8 Å². The van der Waals surface area contributed by atoms with E-state index in [1.165, 1.54) is 37.0 Å². The molecule has 0 atom stereocenters. The number of aryl methyl sites for hydroxylation is 1. The molecule has 0 aliphatic rings. The monoisotopic (exact) mass is 402 g/mol. The summed E-state index contributed by atoms with van der Waals surface area (Å²) in [4.78, 5) is 10.8. The van der Waals surface area contributed by atoms with Crippen LogP contribution in [-0.2, 0) is 11.8 Å². The van der Waals surface area contributed by atoms with E-state index in [0.717, 1.165) is 17.6 Å². The number of rotatable bonds is 2. The molecule has 0 saturated heterocycles. The van der Waals surface area contributed by atoms with Gasteiger partial charge in [0.15, 0.2) is 0 Å². The van der Waals surface area contributed by atoms with Crippen LogP contribution in [-0.4, -0.2) is 9.97 Å². The summed E-state index contributed by atoms with van der Waals surface area (Å²) in [6.07, 6.45) is 2.79. The van der Waals surface area contributed by atoms with Gasteiger partial charge in [0.25, 0.3) is 0 Å². The van der Waals surface area contributed by atoms with E-state index in [9.17, 15) is 0 Å². The maximum absolute atomic E-state index is 4.76. The van der Waals surface area contributed by atoms with Gasteiger partial charge >= 0.3 is 0 Å². The van der Waals surface area contributed by atoms with Crippen LogP contribution in [0.25, 0.3) is 32.2 Å². The highest BCUT2D eigenvalue weighted by Crippen LogP contribution is 2.40. The molecule has 0 bridgehead atoms. The lowest BCUT2D eigenvalue weighted by atomic mass is 9.82. The summed E-state index contributed by atoms with van der Waals surface area (Å²) in [5, 5.41) is 2.59. The van der Waals surface area contributed by atoms with Crippen molar-refractivity contribution in [2.24, 2.45) is 5.41 Å². The Bertz CT molecular complexity index is 1200. The van der Waals surface area contributed by atoms with Gasteiger partial charge in [-0.2, -0.15) is 0 Å². The third kappa shape index (κ3) is 3.81. The van der Waals surface area contributed by atoms with Gasteiger partial charge < -0.3 is 0 Å². The number of aromatic nitrogens is 2. The van der Waals surface area contributed by atoms with E-state index in [4.69, 9.17) is 4.98 Å². The summed E-state index contributed by atoms with van der Waals surface area (Å²) >= 11 is 1.87. The van der Waals surface area contributed by atoms with Crippen molar-refractivity contribution in [3.8, 4) is 11.3 Å². The van der Waals surface area contributed by atoms with Crippen molar-refractivity contribution >= 4 is 32.3 Å². The standard InChI is InChI=1S/C26H30N2S/c1-16-21(14-25(2,3)4)29-24-22(16)27-15-28-23(24)18-12-17-10-8-9-11-19(17)20(13-18)26(5,6)7/h8-13,15H,14H2,1-7H3. The molecule has 2 aromatic heterocycles. The van der Waals surface area contributed by atoms with Gasteiger partial charge in [0.05, 0.1) is 15.9 Å². The zero-order valence-electron chi connectivity index (χ0n) is 18.6. The van der Waals surface area contributed by atoms with Gasteiger partial charge in [0.1, 0.15) is 6.33 Å². The molecule has 2 aromatic carbocycles. The van der Waals surface area contributed by atoms with Crippen LogP contribution in [0, 0.1) is 12.3 Å². The quantitative estimate of drug-likeness (QED) is 0.343. The molecule has 4 rings (SSSR count). The summed E-state index contributed by atoms with van der Waals surface area (Å²) < 4.78 is 1.21. The number of hydrogen-bond acceptors (Lipinski definition) is 3. The first-order chi connectivity index (χ1) is 13.5. The van der Waals surface area contributed by atoms with E-state index in [-0.39, 0.29) is 10.8 Å². The van der Waals surface area contributed by atoms with E-state index >= 15 is 0 Å². The second kappa shape index (κ2) is 6.91. The Kier molecular flexibility index (Phi) is 4.77. The fourth-order valence-corrected chi connectivity index (χ4v) is 5.56. The van der Waals surface area contributed by atoms with E-state index in [2.05, 4.69) is 89.8 Å². The minimum absolute atomic E-state index is 0.0600. The maximum Gasteiger partial charge on any atom is 0.116 e. The number of benzene rings is 2. The summed E-state index contributed by atoms with van der Waals surface area (Å²) in [5.41, 5.74) is 6.32. The summed E-state index contributed by atoms with van der Waals surface area (Å²) in [6.45, 7) is 15.9. The highest BCUT2D eigenvalue weighted by atomic mass is 32.1. The fraction of sp³-hybridized carbons (Fsp3) is 0.385. The smallest absolute Gasteiger partial charge is 0.116 e. The van der Waals surface area contributed by atoms with Gasteiger partial charge in [-0.3, -0.25) is 0 Å². The predicted molar refractivity (Wildman–Crippen MR) is 127 cm³/mol. The van der Waals surface area contributed by atoms with Crippen LogP contribution < -0.4 is 0 Å². The number of fused-ring (bicyclic) bond motifs is 2. The summed E-state index contributed by atoms with van der Waals surface area (Å²) in [5.74, 6) is 0. The lowest BCUT2D eigenvalue weighted by molar-refractivity contribution is 0.414. The van der Waals surface area contributed by atoms with Gasteiger partial charge in [0, 0.05) is 10.4 Å². The predicted octanol–water partition coefficient (Wildman–Crippen LogP) is 7.71. The Labute approximate surface area is 178 Å². The highest BCUT2D eigenvalue weighted by molar-refractivity contribution is 7.19. The lowest BCUT2D eigenvalue weighted by Crippen LogP contribution is -2.12. The topological polar surface area (TPSA) is 25.8 Å². The molecule has 0 radical (unpaired) electrons. The first kappa shape index (κ1) is 20.0. The zero-order valence-corrected chi connectivity index (χ0v) is 19.4. The minimum Gasteiger partial charge on any atom is -0.235 e. The molecule has 29 heavy (non-hydrogen) atoms. The Morgan fingerprint density at radius 3 is 2.34 bits per heavy atom. The third-order valence-corrected chi connectivity index (χ3v) is 6.72. The SMILES string of the molecule is Cc1c(CC(C)(C)C)sc2c(-c3cc(C(C)(C)C)c4ccccc4c3)ncnc12. The largest absolute Gasteiger partial charge is 0.235 e. The van der Waals surface area contributed by atoms with E-state index in [1.54, 1.807) is 6.33 Å². The van der Waals surface area contributed by atoms with Crippen molar-refractivity contribution in [2.75, 3.05) is 0 Å². The molecule has 0 saturated carbocycles. The number of thiophene rings is 1. The normalized spacial score (nSPS) is 12.8. The molecular weight excluding hydrogens is 372 g/mol. The number of nitrogens with zero attached hydrogens (tertiary/aromatic N) is 2. The van der Waals surface area contributed by atoms with Crippen molar-refractivity contribution < 1.29 is 0 Å². The van der Waals surface area contributed by atoms with E-state index in [1.807, 2.05) is 11.3 Å². The third-order valence-electron chi connectivity index (χ3n) is 5.44. The van der Waals surface area contributed by atoms with Crippen molar-refractivity contribution in [1.29, 1.82) is 0 Å². The first-order valence-corrected chi connectivity index (χ1v) is 11.1. The van der Waals surface area contributed by atoms with Crippen LogP contribution in [0.5, 0.6) is 0 Å². The van der Waals surface area contributed by atoms with Crippen LogP contribution in [0.15, 0.2) is 42.7 Å². The molecule has 2 heterocycles. The van der Waals surface area contributed by atoms with Gasteiger partial charge in [-0.15, -0.1) is 11.3 Å². The summed E-state index contributed by atoms with van der Waals surface area (Å²) in [6, 6.07) is 13.3. The van der Waals surface area contributed by atoms with Crippen molar-refractivity contribution in [3.63, 3.8) is 0 Å². The average molecular weight is 403 g/mol. The fourth-order valence-electron chi connectivity index (χ4n) is 3.99. The molecular formula is C26H30N2S. The van der Waals surface area contributed by atoms with Crippen molar-refractivity contribution in [2.45, 2.75) is 60.3 Å². The van der Waals surface area contributed by atoms with Gasteiger partial charge in [0.2, 0.25) is 0 Å². The van der Waals surface area contributed by atoms with E-state index in [0.29, 0.717) is 0 Å². The van der Waals surface area contributed by atoms with Crippen LogP contribution in [0.4, 0.5) is 0 Å². The first-order valence-electron chi connectivity index (χ1n) is 10.3. The Morgan fingerprint density at radius 1 is 0.931 bits per heavy atom. The molecule has 0 N–H and O–H groups in total. The Hall–Kier alpha value is -2.26. The molecule has 2 nitrogen and oxygen atoms in total. The molecule has 0 aliphatic carbocycles. The van der Waals surface area contributed by atoms with Gasteiger partial charge in [-0.25, -0.2) is 9.97 Å². The minimum atomic E-state index is 0.0600. The molecule has 0 aliphatic heterocycles.